The van der Waals surface area contributed by atoms with Crippen LogP contribution in [0.3, 0.4) is 0 Å². The largest absolute Gasteiger partial charge is 0.417 e. The number of carbonyl (C=O) groups excluding carboxylic acids is 1. The Morgan fingerprint density at radius 2 is 1.76 bits per heavy atom. The van der Waals surface area contributed by atoms with Crippen LogP contribution in [0.25, 0.3) is 0 Å². The van der Waals surface area contributed by atoms with Gasteiger partial charge in [0.1, 0.15) is 11.6 Å². The number of pyridine rings is 1. The number of nitrogens with one attached hydrogen (secondary N) is 1. The number of hydrogen-bond donors (Lipinski definition) is 2. The summed E-state index contributed by atoms with van der Waals surface area (Å²) in [5, 5.41) is 2.68. The zero-order valence-electron chi connectivity index (χ0n) is 13.3. The molecular formula is C20H15N3O2. The first-order valence-electron chi connectivity index (χ1n) is 7.56. The Balaban J connectivity index is 1.67. The molecule has 0 fully saturated rings. The summed E-state index contributed by atoms with van der Waals surface area (Å²) < 4.78 is 5.19. The summed E-state index contributed by atoms with van der Waals surface area (Å²) >= 11 is 0. The Kier molecular flexibility index (Phi) is 4.93. The summed E-state index contributed by atoms with van der Waals surface area (Å²) in [7, 11) is 0. The van der Waals surface area contributed by atoms with Gasteiger partial charge in [0.25, 0.3) is 0 Å². The smallest absolute Gasteiger partial charge is 0.410 e. The minimum absolute atomic E-state index is 0.452. The molecule has 1 heterocycles. The summed E-state index contributed by atoms with van der Waals surface area (Å²) in [5.41, 5.74) is 7.66. The minimum atomic E-state index is -0.556. The molecule has 3 rings (SSSR count). The average molecular weight is 329 g/mol. The fourth-order valence-electron chi connectivity index (χ4n) is 2.04. The molecule has 5 heteroatoms. The van der Waals surface area contributed by atoms with E-state index in [1.165, 1.54) is 0 Å². The highest BCUT2D eigenvalue weighted by Crippen LogP contribution is 2.13. The SMILES string of the molecule is Nc1ccc(C#Cc2cccc(NC(=O)Oc3ccccc3)c2)cn1. The zero-order chi connectivity index (χ0) is 17.5. The van der Waals surface area contributed by atoms with Crippen LogP contribution in [0.4, 0.5) is 16.3 Å². The van der Waals surface area contributed by atoms with Crippen LogP contribution < -0.4 is 15.8 Å². The van der Waals surface area contributed by atoms with Gasteiger partial charge < -0.3 is 10.5 Å². The molecular weight excluding hydrogens is 314 g/mol. The zero-order valence-corrected chi connectivity index (χ0v) is 13.3. The molecule has 25 heavy (non-hydrogen) atoms. The van der Waals surface area contributed by atoms with Crippen molar-refractivity contribution < 1.29 is 9.53 Å². The third-order valence-corrected chi connectivity index (χ3v) is 3.20. The van der Waals surface area contributed by atoms with Crippen molar-refractivity contribution in [3.05, 3.63) is 84.1 Å². The molecule has 0 aliphatic carbocycles. The molecule has 5 nitrogen and oxygen atoms in total. The number of nitrogens with zero attached hydrogens (tertiary/aromatic N) is 1. The molecule has 0 bridgehead atoms. The number of rotatable bonds is 2. The van der Waals surface area contributed by atoms with Gasteiger partial charge in [0.2, 0.25) is 0 Å². The summed E-state index contributed by atoms with van der Waals surface area (Å²) in [5.74, 6) is 6.95. The third-order valence-electron chi connectivity index (χ3n) is 3.20. The maximum absolute atomic E-state index is 11.9. The monoisotopic (exact) mass is 329 g/mol. The molecule has 0 saturated heterocycles. The summed E-state index contributed by atoms with van der Waals surface area (Å²) in [6.07, 6.45) is 1.06. The van der Waals surface area contributed by atoms with Gasteiger partial charge >= 0.3 is 6.09 Å². The van der Waals surface area contributed by atoms with Crippen LogP contribution in [0, 0.1) is 11.8 Å². The van der Waals surface area contributed by atoms with E-state index in [1.807, 2.05) is 18.2 Å². The molecule has 3 aromatic rings. The molecule has 0 atom stereocenters. The lowest BCUT2D eigenvalue weighted by Crippen LogP contribution is -2.16. The van der Waals surface area contributed by atoms with Crippen molar-refractivity contribution in [1.29, 1.82) is 0 Å². The van der Waals surface area contributed by atoms with Gasteiger partial charge in [0, 0.05) is 23.0 Å². The normalized spacial score (nSPS) is 9.60. The van der Waals surface area contributed by atoms with E-state index < -0.39 is 6.09 Å². The quantitative estimate of drug-likeness (QED) is 0.703. The first-order chi connectivity index (χ1) is 12.2. The van der Waals surface area contributed by atoms with E-state index in [4.69, 9.17) is 10.5 Å². The fraction of sp³-hybridized carbons (Fsp3) is 0. The maximum atomic E-state index is 11.9. The molecule has 0 aliphatic rings. The second kappa shape index (κ2) is 7.66. The standard InChI is InChI=1S/C20H15N3O2/c21-19-12-11-16(14-22-19)10-9-15-5-4-6-17(13-15)23-20(24)25-18-7-2-1-3-8-18/h1-8,11-14H,(H2,21,22)(H,23,24). The Bertz CT molecular complexity index is 926. The van der Waals surface area contributed by atoms with Gasteiger partial charge in [-0.2, -0.15) is 0 Å². The lowest BCUT2D eigenvalue weighted by atomic mass is 10.2. The van der Waals surface area contributed by atoms with Crippen LogP contribution in [0.2, 0.25) is 0 Å². The number of anilines is 2. The second-order valence-corrected chi connectivity index (χ2v) is 5.13. The topological polar surface area (TPSA) is 77.2 Å². The van der Waals surface area contributed by atoms with Gasteiger partial charge in [0.05, 0.1) is 0 Å². The third kappa shape index (κ3) is 4.85. The van der Waals surface area contributed by atoms with Crippen molar-refractivity contribution >= 4 is 17.6 Å². The van der Waals surface area contributed by atoms with E-state index in [2.05, 4.69) is 22.1 Å². The summed E-state index contributed by atoms with van der Waals surface area (Å²) in [6.45, 7) is 0. The first kappa shape index (κ1) is 16.1. The van der Waals surface area contributed by atoms with Crippen molar-refractivity contribution in [2.75, 3.05) is 11.1 Å². The van der Waals surface area contributed by atoms with E-state index in [0.29, 0.717) is 17.3 Å². The van der Waals surface area contributed by atoms with Crippen LogP contribution in [-0.4, -0.2) is 11.1 Å². The van der Waals surface area contributed by atoms with Crippen molar-refractivity contribution in [3.8, 4) is 17.6 Å². The van der Waals surface area contributed by atoms with E-state index in [9.17, 15) is 4.79 Å². The highest BCUT2D eigenvalue weighted by atomic mass is 16.6. The lowest BCUT2D eigenvalue weighted by Gasteiger charge is -2.06. The van der Waals surface area contributed by atoms with Gasteiger partial charge in [-0.05, 0) is 42.5 Å². The van der Waals surface area contributed by atoms with Crippen molar-refractivity contribution in [2.45, 2.75) is 0 Å². The van der Waals surface area contributed by atoms with Crippen LogP contribution in [0.5, 0.6) is 5.75 Å². The van der Waals surface area contributed by atoms with Crippen LogP contribution in [-0.2, 0) is 0 Å². The molecule has 0 saturated carbocycles. The molecule has 1 aromatic heterocycles. The molecule has 0 radical (unpaired) electrons. The Labute approximate surface area is 145 Å². The summed E-state index contributed by atoms with van der Waals surface area (Å²) in [4.78, 5) is 15.9. The molecule has 0 unspecified atom stereocenters. The minimum Gasteiger partial charge on any atom is -0.410 e. The van der Waals surface area contributed by atoms with Gasteiger partial charge in [-0.3, -0.25) is 5.32 Å². The van der Waals surface area contributed by atoms with Crippen molar-refractivity contribution in [2.24, 2.45) is 0 Å². The molecule has 0 spiro atoms. The van der Waals surface area contributed by atoms with Gasteiger partial charge in [0.15, 0.2) is 0 Å². The van der Waals surface area contributed by atoms with Crippen LogP contribution in [0.15, 0.2) is 72.9 Å². The number of hydrogen-bond acceptors (Lipinski definition) is 4. The second-order valence-electron chi connectivity index (χ2n) is 5.13. The Hall–Kier alpha value is -3.78. The molecule has 0 aliphatic heterocycles. The van der Waals surface area contributed by atoms with Crippen molar-refractivity contribution in [1.82, 2.24) is 4.98 Å². The number of para-hydroxylation sites is 1. The fourth-order valence-corrected chi connectivity index (χ4v) is 2.04. The number of benzene rings is 2. The number of carbonyl (C=O) groups is 1. The Morgan fingerprint density at radius 3 is 2.52 bits per heavy atom. The number of ether oxygens (including phenoxy) is 1. The number of nitrogen functional groups attached to an aromatic ring is 1. The van der Waals surface area contributed by atoms with E-state index in [1.54, 1.807) is 54.7 Å². The van der Waals surface area contributed by atoms with Crippen molar-refractivity contribution in [3.63, 3.8) is 0 Å². The van der Waals surface area contributed by atoms with Gasteiger partial charge in [-0.15, -0.1) is 0 Å². The molecule has 122 valence electrons. The molecule has 1 amide bonds. The van der Waals surface area contributed by atoms with E-state index in [0.717, 1.165) is 11.1 Å². The highest BCUT2D eigenvalue weighted by molar-refractivity contribution is 5.86. The molecule has 3 N–H and O–H groups in total. The average Bonchev–Trinajstić information content (AvgIpc) is 2.62. The summed E-state index contributed by atoms with van der Waals surface area (Å²) in [6, 6.07) is 19.6. The lowest BCUT2D eigenvalue weighted by molar-refractivity contribution is 0.215. The molecule has 2 aromatic carbocycles. The van der Waals surface area contributed by atoms with E-state index in [-0.39, 0.29) is 0 Å². The van der Waals surface area contributed by atoms with Gasteiger partial charge in [-0.25, -0.2) is 9.78 Å². The number of aromatic nitrogens is 1. The predicted octanol–water partition coefficient (Wildman–Crippen LogP) is 3.67. The van der Waals surface area contributed by atoms with Crippen LogP contribution in [0.1, 0.15) is 11.1 Å². The maximum Gasteiger partial charge on any atom is 0.417 e. The highest BCUT2D eigenvalue weighted by Gasteiger charge is 2.04. The number of amides is 1. The van der Waals surface area contributed by atoms with Gasteiger partial charge in [-0.1, -0.05) is 36.1 Å². The number of nitrogens with two attached hydrogens (primary N) is 1. The Morgan fingerprint density at radius 1 is 0.960 bits per heavy atom. The first-order valence-corrected chi connectivity index (χ1v) is 7.56. The van der Waals surface area contributed by atoms with Crippen LogP contribution >= 0.6 is 0 Å². The van der Waals surface area contributed by atoms with E-state index >= 15 is 0 Å². The predicted molar refractivity (Wildman–Crippen MR) is 97.2 cm³/mol.